The summed E-state index contributed by atoms with van der Waals surface area (Å²) in [5.74, 6) is -0.912. The molecule has 1 aromatic carbocycles. The van der Waals surface area contributed by atoms with Gasteiger partial charge in [-0.3, -0.25) is 0 Å². The van der Waals surface area contributed by atoms with Crippen LogP contribution in [0.15, 0.2) is 24.3 Å². The number of aromatic carboxylic acids is 1. The second-order valence-corrected chi connectivity index (χ2v) is 2.50. The first-order chi connectivity index (χ1) is 6.43. The molecule has 78 valence electrons. The molecule has 0 aliphatic carbocycles. The Labute approximate surface area is 81.9 Å². The lowest BCUT2D eigenvalue weighted by atomic mass is 10.2. The van der Waals surface area contributed by atoms with Crippen molar-refractivity contribution in [3.05, 3.63) is 29.8 Å². The summed E-state index contributed by atoms with van der Waals surface area (Å²) in [7, 11) is 0. The molecule has 0 radical (unpaired) electrons. The molecule has 1 aromatic rings. The first-order valence-corrected chi connectivity index (χ1v) is 4.27. The monoisotopic (exact) mass is 219 g/mol. The molecule has 0 amide bonds. The molecule has 0 saturated heterocycles. The van der Waals surface area contributed by atoms with Gasteiger partial charge >= 0.3 is 5.97 Å². The van der Waals surface area contributed by atoms with Crippen LogP contribution < -0.4 is 0 Å². The third-order valence-electron chi connectivity index (χ3n) is 1.11. The van der Waals surface area contributed by atoms with E-state index < -0.39 is 17.3 Å². The van der Waals surface area contributed by atoms with Crippen LogP contribution in [0.1, 0.15) is 10.4 Å². The van der Waals surface area contributed by atoms with Crippen molar-refractivity contribution < 1.29 is 28.3 Å². The lowest BCUT2D eigenvalue weighted by Gasteiger charge is -1.92. The number of hydrogen-bond acceptors (Lipinski definition) is 4. The van der Waals surface area contributed by atoms with Gasteiger partial charge in [0.05, 0.1) is 16.9 Å². The maximum absolute atomic E-state index is 10.2. The minimum Gasteiger partial charge on any atom is -0.750 e. The molecule has 0 aliphatic heterocycles. The average Bonchev–Trinajstić information content (AvgIpc) is 2.03. The van der Waals surface area contributed by atoms with Crippen molar-refractivity contribution in [1.82, 2.24) is 0 Å². The van der Waals surface area contributed by atoms with E-state index in [0.29, 0.717) is 0 Å². The number of phenolic OH excluding ortho intramolecular Hbond substituents is 1. The molecule has 0 aliphatic rings. The third kappa shape index (κ3) is 6.12. The zero-order valence-electron chi connectivity index (χ0n) is 6.78. The van der Waals surface area contributed by atoms with E-state index >= 15 is 0 Å². The Kier molecular flexibility index (Phi) is 5.46. The van der Waals surface area contributed by atoms with Crippen LogP contribution in [-0.4, -0.2) is 29.5 Å². The summed E-state index contributed by atoms with van der Waals surface area (Å²) < 4.78 is 24.1. The van der Waals surface area contributed by atoms with Crippen molar-refractivity contribution >= 4 is 17.3 Å². The summed E-state index contributed by atoms with van der Waals surface area (Å²) >= 11 is -2.86. The Hall–Kier alpha value is -1.44. The van der Waals surface area contributed by atoms with E-state index in [1.54, 1.807) is 0 Å². The van der Waals surface area contributed by atoms with Gasteiger partial charge in [-0.2, -0.15) is 0 Å². The highest BCUT2D eigenvalue weighted by atomic mass is 32.2. The van der Waals surface area contributed by atoms with Crippen molar-refractivity contribution in [1.29, 1.82) is 0 Å². The van der Waals surface area contributed by atoms with Crippen LogP contribution in [-0.2, 0) is 11.4 Å². The van der Waals surface area contributed by atoms with Crippen LogP contribution in [0.2, 0.25) is 0 Å². The van der Waals surface area contributed by atoms with Crippen molar-refractivity contribution in [3.8, 4) is 5.75 Å². The summed E-state index contributed by atoms with van der Waals surface area (Å²) in [6.07, 6.45) is 0. The number of aromatic hydroxyl groups is 1. The van der Waals surface area contributed by atoms with Gasteiger partial charge in [0.25, 0.3) is 0 Å². The Morgan fingerprint density at radius 2 is 1.64 bits per heavy atom. The van der Waals surface area contributed by atoms with E-state index in [9.17, 15) is 4.79 Å². The average molecular weight is 219 g/mol. The van der Waals surface area contributed by atoms with Crippen LogP contribution >= 0.6 is 0 Å². The molecular weight excluding hydrogens is 212 g/mol. The molecule has 0 fully saturated rings. The van der Waals surface area contributed by atoms with Gasteiger partial charge < -0.3 is 19.3 Å². The summed E-state index contributed by atoms with van der Waals surface area (Å²) in [5.41, 5.74) is 0.179. The molecule has 7 heteroatoms. The highest BCUT2D eigenvalue weighted by Gasteiger charge is 1.99. The van der Waals surface area contributed by atoms with Crippen molar-refractivity contribution in [3.63, 3.8) is 0 Å². The standard InChI is InChI=1S/C7H6O3.H2O3S/c8-6-3-1-5(2-4-6)7(9)10;1-4(2)3/h1-4,8H,(H,9,10);(H2,1,2,3)/p-1. The first-order valence-electron chi connectivity index (χ1n) is 3.24. The topological polar surface area (TPSA) is 118 Å². The molecule has 0 aromatic heterocycles. The molecule has 1 unspecified atom stereocenters. The molecule has 1 rings (SSSR count). The minimum atomic E-state index is -2.86. The number of carboxylic acids is 1. The molecule has 14 heavy (non-hydrogen) atoms. The Balaban J connectivity index is 0.000000364. The lowest BCUT2D eigenvalue weighted by molar-refractivity contribution is 0.0697. The number of benzene rings is 1. The number of carboxylic acid groups (broad SMARTS) is 1. The highest BCUT2D eigenvalue weighted by molar-refractivity contribution is 7.73. The van der Waals surface area contributed by atoms with Gasteiger partial charge in [0, 0.05) is 0 Å². The van der Waals surface area contributed by atoms with Crippen molar-refractivity contribution in [2.45, 2.75) is 0 Å². The Morgan fingerprint density at radius 3 is 1.93 bits per heavy atom. The van der Waals surface area contributed by atoms with E-state index in [2.05, 4.69) is 0 Å². The van der Waals surface area contributed by atoms with Crippen molar-refractivity contribution in [2.24, 2.45) is 0 Å². The largest absolute Gasteiger partial charge is 0.750 e. The maximum Gasteiger partial charge on any atom is 0.335 e. The highest BCUT2D eigenvalue weighted by Crippen LogP contribution is 2.08. The molecule has 1 atom stereocenters. The molecular formula is C7H7O6S-. The molecule has 0 spiro atoms. The zero-order valence-corrected chi connectivity index (χ0v) is 7.60. The lowest BCUT2D eigenvalue weighted by Crippen LogP contribution is -1.93. The van der Waals surface area contributed by atoms with Gasteiger partial charge in [-0.1, -0.05) is 0 Å². The smallest absolute Gasteiger partial charge is 0.335 e. The number of rotatable bonds is 1. The third-order valence-corrected chi connectivity index (χ3v) is 1.11. The van der Waals surface area contributed by atoms with Gasteiger partial charge in [0.1, 0.15) is 5.75 Å². The summed E-state index contributed by atoms with van der Waals surface area (Å²) in [6, 6.07) is 5.36. The van der Waals surface area contributed by atoms with Gasteiger partial charge in [-0.15, -0.1) is 0 Å². The molecule has 6 nitrogen and oxygen atoms in total. The molecule has 3 N–H and O–H groups in total. The number of carbonyl (C=O) groups is 1. The van der Waals surface area contributed by atoms with E-state index in [0.717, 1.165) is 0 Å². The van der Waals surface area contributed by atoms with E-state index in [-0.39, 0.29) is 11.3 Å². The van der Waals surface area contributed by atoms with Crippen LogP contribution in [0.3, 0.4) is 0 Å². The molecule has 0 bridgehead atoms. The van der Waals surface area contributed by atoms with E-state index in [1.807, 2.05) is 0 Å². The van der Waals surface area contributed by atoms with Crippen LogP contribution in [0.25, 0.3) is 0 Å². The summed E-state index contributed by atoms with van der Waals surface area (Å²) in [6.45, 7) is 0. The van der Waals surface area contributed by atoms with Crippen LogP contribution in [0, 0.1) is 0 Å². The first kappa shape index (κ1) is 12.6. The Morgan fingerprint density at radius 1 is 1.29 bits per heavy atom. The zero-order chi connectivity index (χ0) is 11.1. The fraction of sp³-hybridized carbons (Fsp3) is 0. The quantitative estimate of drug-likeness (QED) is 0.589. The molecule has 0 heterocycles. The SMILES string of the molecule is O=C(O)c1ccc(O)cc1.O=S([O-])O. The Bertz CT molecular complexity index is 315. The second kappa shape index (κ2) is 6.08. The summed E-state index contributed by atoms with van der Waals surface area (Å²) in [4.78, 5) is 10.2. The van der Waals surface area contributed by atoms with E-state index in [1.165, 1.54) is 24.3 Å². The van der Waals surface area contributed by atoms with Gasteiger partial charge in [0.2, 0.25) is 0 Å². The van der Waals surface area contributed by atoms with Gasteiger partial charge in [-0.05, 0) is 24.3 Å². The number of phenols is 1. The summed E-state index contributed by atoms with van der Waals surface area (Å²) in [5, 5.41) is 17.1. The van der Waals surface area contributed by atoms with Gasteiger partial charge in [0.15, 0.2) is 0 Å². The predicted molar refractivity (Wildman–Crippen MR) is 46.6 cm³/mol. The predicted octanol–water partition coefficient (Wildman–Crippen LogP) is 0.429. The fourth-order valence-corrected chi connectivity index (χ4v) is 0.604. The van der Waals surface area contributed by atoms with Crippen LogP contribution in [0.5, 0.6) is 5.75 Å². The normalized spacial score (nSPS) is 11.0. The molecule has 0 saturated carbocycles. The van der Waals surface area contributed by atoms with Crippen molar-refractivity contribution in [2.75, 3.05) is 0 Å². The van der Waals surface area contributed by atoms with Crippen LogP contribution in [0.4, 0.5) is 0 Å². The maximum atomic E-state index is 10.2. The van der Waals surface area contributed by atoms with E-state index in [4.69, 9.17) is 23.5 Å². The van der Waals surface area contributed by atoms with Gasteiger partial charge in [-0.25, -0.2) is 9.00 Å². The number of hydrogen-bond donors (Lipinski definition) is 3. The second-order valence-electron chi connectivity index (χ2n) is 2.07. The minimum absolute atomic E-state index is 0.0741. The fourth-order valence-electron chi connectivity index (χ4n) is 0.604.